The Kier molecular flexibility index (Phi) is 8.86. The van der Waals surface area contributed by atoms with E-state index in [1.165, 1.54) is 25.1 Å². The number of amides is 2. The molecule has 0 heterocycles. The number of hydrogen-bond acceptors (Lipinski definition) is 5. The van der Waals surface area contributed by atoms with Crippen LogP contribution < -0.4 is 20.1 Å². The first-order valence-corrected chi connectivity index (χ1v) is 12.7. The van der Waals surface area contributed by atoms with Gasteiger partial charge in [-0.15, -0.1) is 0 Å². The van der Waals surface area contributed by atoms with Gasteiger partial charge in [-0.1, -0.05) is 48.0 Å². The Morgan fingerprint density at radius 1 is 0.943 bits per heavy atom. The van der Waals surface area contributed by atoms with Gasteiger partial charge in [-0.05, 0) is 55.3 Å². The van der Waals surface area contributed by atoms with E-state index in [0.717, 1.165) is 5.56 Å². The second-order valence-electron chi connectivity index (χ2n) is 7.64. The van der Waals surface area contributed by atoms with Crippen LogP contribution in [0.1, 0.15) is 19.4 Å². The molecule has 184 valence electrons. The van der Waals surface area contributed by atoms with Crippen molar-refractivity contribution in [1.82, 2.24) is 4.72 Å². The van der Waals surface area contributed by atoms with Gasteiger partial charge >= 0.3 is 0 Å². The zero-order chi connectivity index (χ0) is 25.4. The lowest BCUT2D eigenvalue weighted by molar-refractivity contribution is -0.117. The fourth-order valence-electron chi connectivity index (χ4n) is 3.36. The first kappa shape index (κ1) is 26.2. The van der Waals surface area contributed by atoms with E-state index < -0.39 is 22.0 Å². The molecule has 3 N–H and O–H groups in total. The van der Waals surface area contributed by atoms with Crippen LogP contribution in [0.2, 0.25) is 5.02 Å². The van der Waals surface area contributed by atoms with E-state index in [0.29, 0.717) is 11.4 Å². The molecule has 0 radical (unpaired) electrons. The summed E-state index contributed by atoms with van der Waals surface area (Å²) in [5.74, 6) is -0.696. The van der Waals surface area contributed by atoms with Crippen LogP contribution in [0.25, 0.3) is 0 Å². The maximum atomic E-state index is 13.3. The average molecular weight is 516 g/mol. The molecule has 3 aromatic rings. The molecule has 0 spiro atoms. The summed E-state index contributed by atoms with van der Waals surface area (Å²) in [4.78, 5) is 24.4. The van der Waals surface area contributed by atoms with Crippen molar-refractivity contribution in [2.24, 2.45) is 0 Å². The number of rotatable bonds is 10. The molecule has 0 saturated heterocycles. The van der Waals surface area contributed by atoms with E-state index >= 15 is 0 Å². The molecule has 0 aromatic heterocycles. The Morgan fingerprint density at radius 3 is 2.29 bits per heavy atom. The first-order valence-electron chi connectivity index (χ1n) is 10.8. The van der Waals surface area contributed by atoms with Gasteiger partial charge in [0.05, 0.1) is 6.61 Å². The summed E-state index contributed by atoms with van der Waals surface area (Å²) < 4.78 is 34.6. The highest BCUT2D eigenvalue weighted by atomic mass is 35.5. The number of ether oxygens (including phenoxy) is 1. The van der Waals surface area contributed by atoms with Gasteiger partial charge in [0.1, 0.15) is 16.7 Å². The summed E-state index contributed by atoms with van der Waals surface area (Å²) in [6.45, 7) is 3.37. The highest BCUT2D eigenvalue weighted by molar-refractivity contribution is 7.89. The zero-order valence-corrected chi connectivity index (χ0v) is 20.8. The van der Waals surface area contributed by atoms with Gasteiger partial charge < -0.3 is 15.4 Å². The largest absolute Gasteiger partial charge is 0.492 e. The fourth-order valence-corrected chi connectivity index (χ4v) is 4.97. The topological polar surface area (TPSA) is 114 Å². The molecule has 8 nitrogen and oxygen atoms in total. The maximum absolute atomic E-state index is 13.3. The summed E-state index contributed by atoms with van der Waals surface area (Å²) in [6.07, 6.45) is 0.0990. The standard InChI is InChI=1S/C25H26ClN3O5S/c1-3-34-23-13-12-19(26)15-24(23)35(32,33)29-22(14-18-8-5-4-6-9-18)25(31)28-21-11-7-10-20(16-21)27-17(2)30/h4-13,15-16,22,29H,3,14H2,1-2H3,(H,27,30)(H,28,31). The molecule has 0 bridgehead atoms. The normalized spacial score (nSPS) is 12.0. The van der Waals surface area contributed by atoms with Crippen LogP contribution >= 0.6 is 11.6 Å². The Bertz CT molecular complexity index is 1300. The summed E-state index contributed by atoms with van der Waals surface area (Å²) in [5, 5.41) is 5.58. The van der Waals surface area contributed by atoms with Crippen LogP contribution in [-0.2, 0) is 26.0 Å². The minimum Gasteiger partial charge on any atom is -0.492 e. The van der Waals surface area contributed by atoms with Crippen LogP contribution in [0.4, 0.5) is 11.4 Å². The quantitative estimate of drug-likeness (QED) is 0.374. The minimum atomic E-state index is -4.19. The minimum absolute atomic E-state index is 0.0990. The SMILES string of the molecule is CCOc1ccc(Cl)cc1S(=O)(=O)NC(Cc1ccccc1)C(=O)Nc1cccc(NC(C)=O)c1. The Labute approximate surface area is 209 Å². The smallest absolute Gasteiger partial charge is 0.245 e. The molecule has 3 aromatic carbocycles. The monoisotopic (exact) mass is 515 g/mol. The molecule has 0 aliphatic carbocycles. The van der Waals surface area contributed by atoms with Gasteiger partial charge in [0.25, 0.3) is 0 Å². The molecule has 0 aliphatic rings. The summed E-state index contributed by atoms with van der Waals surface area (Å²) in [6, 6.07) is 18.7. The second-order valence-corrected chi connectivity index (χ2v) is 9.76. The number of carbonyl (C=O) groups is 2. The number of anilines is 2. The Hall–Kier alpha value is -3.40. The molecular formula is C25H26ClN3O5S. The van der Waals surface area contributed by atoms with Gasteiger partial charge in [0.15, 0.2) is 0 Å². The lowest BCUT2D eigenvalue weighted by Crippen LogP contribution is -2.45. The second kappa shape index (κ2) is 11.8. The molecule has 2 amide bonds. The van der Waals surface area contributed by atoms with Gasteiger partial charge in [0.2, 0.25) is 21.8 Å². The summed E-state index contributed by atoms with van der Waals surface area (Å²) in [5.41, 5.74) is 1.66. The van der Waals surface area contributed by atoms with Gasteiger partial charge in [0, 0.05) is 23.3 Å². The molecule has 0 saturated carbocycles. The Balaban J connectivity index is 1.91. The van der Waals surface area contributed by atoms with Gasteiger partial charge in [-0.3, -0.25) is 9.59 Å². The number of hydrogen-bond donors (Lipinski definition) is 3. The van der Waals surface area contributed by atoms with Crippen molar-refractivity contribution < 1.29 is 22.7 Å². The zero-order valence-electron chi connectivity index (χ0n) is 19.2. The molecule has 3 rings (SSSR count). The molecular weight excluding hydrogens is 490 g/mol. The van der Waals surface area contributed by atoms with Crippen molar-refractivity contribution in [3.8, 4) is 5.75 Å². The van der Waals surface area contributed by atoms with Gasteiger partial charge in [-0.2, -0.15) is 4.72 Å². The fraction of sp³-hybridized carbons (Fsp3) is 0.200. The molecule has 1 atom stereocenters. The lowest BCUT2D eigenvalue weighted by Gasteiger charge is -2.20. The number of benzene rings is 3. The van der Waals surface area contributed by atoms with E-state index in [1.54, 1.807) is 55.5 Å². The highest BCUT2D eigenvalue weighted by Crippen LogP contribution is 2.28. The molecule has 1 unspecified atom stereocenters. The molecule has 10 heteroatoms. The predicted octanol–water partition coefficient (Wildman–Crippen LogP) is 4.23. The predicted molar refractivity (Wildman–Crippen MR) is 136 cm³/mol. The molecule has 35 heavy (non-hydrogen) atoms. The first-order chi connectivity index (χ1) is 16.7. The third-order valence-corrected chi connectivity index (χ3v) is 6.57. The Morgan fingerprint density at radius 2 is 1.63 bits per heavy atom. The van der Waals surface area contributed by atoms with Crippen LogP contribution in [-0.4, -0.2) is 32.9 Å². The third-order valence-electron chi connectivity index (χ3n) is 4.84. The van der Waals surface area contributed by atoms with Crippen LogP contribution in [0.3, 0.4) is 0 Å². The van der Waals surface area contributed by atoms with E-state index in [4.69, 9.17) is 16.3 Å². The van der Waals surface area contributed by atoms with Crippen LogP contribution in [0, 0.1) is 0 Å². The highest BCUT2D eigenvalue weighted by Gasteiger charge is 2.29. The third kappa shape index (κ3) is 7.54. The van der Waals surface area contributed by atoms with Crippen LogP contribution in [0.5, 0.6) is 5.75 Å². The summed E-state index contributed by atoms with van der Waals surface area (Å²) in [7, 11) is -4.19. The molecule has 0 aliphatic heterocycles. The number of nitrogens with one attached hydrogen (secondary N) is 3. The number of carbonyl (C=O) groups excluding carboxylic acids is 2. The van der Waals surface area contributed by atoms with Crippen molar-refractivity contribution in [3.05, 3.63) is 83.4 Å². The average Bonchev–Trinajstić information content (AvgIpc) is 2.80. The van der Waals surface area contributed by atoms with E-state index in [-0.39, 0.29) is 34.6 Å². The van der Waals surface area contributed by atoms with E-state index in [9.17, 15) is 18.0 Å². The maximum Gasteiger partial charge on any atom is 0.245 e. The molecule has 0 fully saturated rings. The van der Waals surface area contributed by atoms with Crippen molar-refractivity contribution in [2.75, 3.05) is 17.2 Å². The van der Waals surface area contributed by atoms with Crippen molar-refractivity contribution >= 4 is 44.8 Å². The van der Waals surface area contributed by atoms with E-state index in [1.807, 2.05) is 6.07 Å². The van der Waals surface area contributed by atoms with E-state index in [2.05, 4.69) is 15.4 Å². The van der Waals surface area contributed by atoms with Crippen molar-refractivity contribution in [2.45, 2.75) is 31.2 Å². The number of sulfonamides is 1. The summed E-state index contributed by atoms with van der Waals surface area (Å²) >= 11 is 6.05. The lowest BCUT2D eigenvalue weighted by atomic mass is 10.1. The van der Waals surface area contributed by atoms with Gasteiger partial charge in [-0.25, -0.2) is 8.42 Å². The van der Waals surface area contributed by atoms with Crippen molar-refractivity contribution in [1.29, 1.82) is 0 Å². The van der Waals surface area contributed by atoms with Crippen LogP contribution in [0.15, 0.2) is 77.7 Å². The van der Waals surface area contributed by atoms with Crippen molar-refractivity contribution in [3.63, 3.8) is 0 Å². The number of halogens is 1.